The molecule has 0 saturated carbocycles. The Morgan fingerprint density at radius 1 is 1.53 bits per heavy atom. The van der Waals surface area contributed by atoms with Crippen molar-refractivity contribution in [2.24, 2.45) is 0 Å². The average Bonchev–Trinajstić information content (AvgIpc) is 2.77. The molecule has 0 atom stereocenters. The van der Waals surface area contributed by atoms with Crippen molar-refractivity contribution in [1.82, 2.24) is 0 Å². The van der Waals surface area contributed by atoms with Crippen molar-refractivity contribution < 1.29 is 9.52 Å². The Morgan fingerprint density at radius 3 is 3.05 bits per heavy atom. The van der Waals surface area contributed by atoms with Gasteiger partial charge < -0.3 is 14.4 Å². The van der Waals surface area contributed by atoms with Crippen LogP contribution in [-0.4, -0.2) is 36.8 Å². The van der Waals surface area contributed by atoms with Crippen LogP contribution < -0.4 is 10.3 Å². The topological polar surface area (TPSA) is 53.7 Å². The van der Waals surface area contributed by atoms with Crippen molar-refractivity contribution >= 4 is 55.2 Å². The van der Waals surface area contributed by atoms with Gasteiger partial charge in [-0.2, -0.15) is 11.8 Å². The summed E-state index contributed by atoms with van der Waals surface area (Å²) in [5.74, 6) is 2.18. The number of halogens is 1. The lowest BCUT2D eigenvalue weighted by atomic mass is 10.4. The predicted molar refractivity (Wildman–Crippen MR) is 85.7 cm³/mol. The van der Waals surface area contributed by atoms with Crippen molar-refractivity contribution in [1.29, 1.82) is 0 Å². The van der Waals surface area contributed by atoms with Gasteiger partial charge >= 0.3 is 0 Å². The van der Waals surface area contributed by atoms with E-state index in [0.717, 1.165) is 22.5 Å². The Hall–Kier alpha value is -0.500. The Bertz CT molecular complexity index is 611. The fourth-order valence-electron chi connectivity index (χ4n) is 1.57. The molecule has 2 aromatic heterocycles. The molecule has 0 aliphatic carbocycles. The van der Waals surface area contributed by atoms with Gasteiger partial charge in [0.2, 0.25) is 5.43 Å². The average molecular weight is 364 g/mol. The first kappa shape index (κ1) is 14.9. The number of hydrogen-bond donors (Lipinski definition) is 1. The normalized spacial score (nSPS) is 11.1. The molecule has 0 aromatic carbocycles. The highest BCUT2D eigenvalue weighted by atomic mass is 79.9. The Labute approximate surface area is 127 Å². The van der Waals surface area contributed by atoms with Crippen LogP contribution in [0.25, 0.3) is 10.3 Å². The first-order chi connectivity index (χ1) is 9.13. The number of rotatable bonds is 6. The zero-order chi connectivity index (χ0) is 13.8. The molecule has 0 radical (unpaired) electrons. The van der Waals surface area contributed by atoms with Gasteiger partial charge in [-0.15, -0.1) is 11.3 Å². The second-order valence-corrected chi connectivity index (χ2v) is 6.91. The van der Waals surface area contributed by atoms with Crippen LogP contribution in [-0.2, 0) is 0 Å². The van der Waals surface area contributed by atoms with E-state index < -0.39 is 0 Å². The summed E-state index contributed by atoms with van der Waals surface area (Å²) in [5, 5.41) is 10.6. The largest absolute Gasteiger partial charge is 0.438 e. The number of thiophene rings is 1. The smallest absolute Gasteiger partial charge is 0.204 e. The van der Waals surface area contributed by atoms with Crippen molar-refractivity contribution in [3.8, 4) is 0 Å². The first-order valence-electron chi connectivity index (χ1n) is 5.74. The summed E-state index contributed by atoms with van der Waals surface area (Å²) >= 11 is 6.44. The molecule has 19 heavy (non-hydrogen) atoms. The zero-order valence-corrected chi connectivity index (χ0v) is 13.6. The fourth-order valence-corrected chi connectivity index (χ4v) is 3.76. The number of thioether (sulfide) groups is 1. The van der Waals surface area contributed by atoms with Gasteiger partial charge in [0.25, 0.3) is 0 Å². The maximum Gasteiger partial charge on any atom is 0.204 e. The van der Waals surface area contributed by atoms with Crippen molar-refractivity contribution in [2.45, 2.75) is 0 Å². The van der Waals surface area contributed by atoms with Crippen LogP contribution in [0, 0.1) is 0 Å². The Kier molecular flexibility index (Phi) is 5.32. The third-order valence-corrected chi connectivity index (χ3v) is 5.38. The van der Waals surface area contributed by atoms with E-state index in [1.54, 1.807) is 11.8 Å². The lowest BCUT2D eigenvalue weighted by Gasteiger charge is -2.17. The fraction of sp³-hybridized carbons (Fsp3) is 0.417. The van der Waals surface area contributed by atoms with E-state index in [-0.39, 0.29) is 12.0 Å². The molecule has 2 rings (SSSR count). The minimum absolute atomic E-state index is 0.0122. The summed E-state index contributed by atoms with van der Waals surface area (Å²) in [7, 11) is 1.89. The number of fused-ring (bicyclic) bond motifs is 1. The van der Waals surface area contributed by atoms with Gasteiger partial charge in [0.1, 0.15) is 4.70 Å². The molecule has 4 nitrogen and oxygen atoms in total. The second-order valence-electron chi connectivity index (χ2n) is 3.95. The number of aliphatic hydroxyl groups excluding tert-OH is 1. The SMILES string of the molecule is CN(CCSCCO)c1cc(=O)c2scc(Br)c2o1. The van der Waals surface area contributed by atoms with Crippen LogP contribution in [0.3, 0.4) is 0 Å². The number of aliphatic hydroxyl groups is 1. The minimum atomic E-state index is -0.0122. The van der Waals surface area contributed by atoms with E-state index in [9.17, 15) is 4.79 Å². The summed E-state index contributed by atoms with van der Waals surface area (Å²) < 4.78 is 7.22. The van der Waals surface area contributed by atoms with Crippen molar-refractivity contribution in [3.05, 3.63) is 26.1 Å². The predicted octanol–water partition coefficient (Wildman–Crippen LogP) is 2.78. The van der Waals surface area contributed by atoms with Gasteiger partial charge in [0.15, 0.2) is 11.5 Å². The summed E-state index contributed by atoms with van der Waals surface area (Å²) in [6.07, 6.45) is 0. The lowest BCUT2D eigenvalue weighted by Crippen LogP contribution is -2.21. The Morgan fingerprint density at radius 2 is 2.32 bits per heavy atom. The van der Waals surface area contributed by atoms with Gasteiger partial charge in [-0.25, -0.2) is 0 Å². The first-order valence-corrected chi connectivity index (χ1v) is 8.57. The standard InChI is InChI=1S/C12H14BrNO3S2/c1-14(2-4-18-5-3-15)10-6-9(16)12-11(17-10)8(13)7-19-12/h6-7,15H,2-5H2,1H3. The van der Waals surface area contributed by atoms with Gasteiger partial charge in [-0.1, -0.05) is 0 Å². The number of hydrogen-bond acceptors (Lipinski definition) is 6. The highest BCUT2D eigenvalue weighted by Crippen LogP contribution is 2.30. The van der Waals surface area contributed by atoms with E-state index in [4.69, 9.17) is 9.52 Å². The molecule has 0 bridgehead atoms. The van der Waals surface area contributed by atoms with Crippen LogP contribution in [0.5, 0.6) is 0 Å². The van der Waals surface area contributed by atoms with E-state index in [1.807, 2.05) is 17.3 Å². The molecule has 2 heterocycles. The summed E-state index contributed by atoms with van der Waals surface area (Å²) in [6.45, 7) is 0.956. The molecule has 104 valence electrons. The summed E-state index contributed by atoms with van der Waals surface area (Å²) in [6, 6.07) is 1.53. The number of anilines is 1. The molecule has 0 aliphatic rings. The van der Waals surface area contributed by atoms with Crippen LogP contribution in [0.1, 0.15) is 0 Å². The van der Waals surface area contributed by atoms with Gasteiger partial charge in [0, 0.05) is 36.5 Å². The van der Waals surface area contributed by atoms with Crippen molar-refractivity contribution in [3.63, 3.8) is 0 Å². The van der Waals surface area contributed by atoms with E-state index in [1.165, 1.54) is 17.4 Å². The van der Waals surface area contributed by atoms with Gasteiger partial charge in [-0.3, -0.25) is 4.79 Å². The molecule has 2 aromatic rings. The molecule has 0 amide bonds. The lowest BCUT2D eigenvalue weighted by molar-refractivity contribution is 0.322. The van der Waals surface area contributed by atoms with Gasteiger partial charge in [-0.05, 0) is 15.9 Å². The molecule has 0 fully saturated rings. The van der Waals surface area contributed by atoms with Gasteiger partial charge in [0.05, 0.1) is 11.1 Å². The van der Waals surface area contributed by atoms with Crippen LogP contribution in [0.2, 0.25) is 0 Å². The minimum Gasteiger partial charge on any atom is -0.438 e. The molecular weight excluding hydrogens is 350 g/mol. The summed E-state index contributed by atoms with van der Waals surface area (Å²) in [5.41, 5.74) is 0.601. The third-order valence-electron chi connectivity index (χ3n) is 2.57. The highest BCUT2D eigenvalue weighted by molar-refractivity contribution is 9.10. The Balaban J connectivity index is 2.15. The van der Waals surface area contributed by atoms with E-state index >= 15 is 0 Å². The van der Waals surface area contributed by atoms with Crippen LogP contribution in [0.4, 0.5) is 5.88 Å². The van der Waals surface area contributed by atoms with E-state index in [0.29, 0.717) is 16.2 Å². The molecular formula is C12H14BrNO3S2. The summed E-state index contributed by atoms with van der Waals surface area (Å²) in [4.78, 5) is 13.9. The van der Waals surface area contributed by atoms with Crippen molar-refractivity contribution in [2.75, 3.05) is 36.6 Å². The molecule has 7 heteroatoms. The maximum atomic E-state index is 12.0. The molecule has 0 unspecified atom stereocenters. The monoisotopic (exact) mass is 363 g/mol. The van der Waals surface area contributed by atoms with Crippen LogP contribution >= 0.6 is 39.0 Å². The molecule has 0 aliphatic heterocycles. The molecule has 0 saturated heterocycles. The third kappa shape index (κ3) is 3.53. The second kappa shape index (κ2) is 6.78. The quantitative estimate of drug-likeness (QED) is 0.799. The molecule has 1 N–H and O–H groups in total. The highest BCUT2D eigenvalue weighted by Gasteiger charge is 2.12. The zero-order valence-electron chi connectivity index (χ0n) is 10.4. The number of nitrogens with zero attached hydrogens (tertiary/aromatic N) is 1. The van der Waals surface area contributed by atoms with E-state index in [2.05, 4.69) is 15.9 Å². The van der Waals surface area contributed by atoms with Crippen LogP contribution in [0.15, 0.2) is 25.1 Å². The maximum absolute atomic E-state index is 12.0. The molecule has 0 spiro atoms.